The van der Waals surface area contributed by atoms with Crippen molar-refractivity contribution in [2.45, 2.75) is 187 Å². The van der Waals surface area contributed by atoms with Gasteiger partial charge in [-0.1, -0.05) is 177 Å². The minimum atomic E-state index is -0.578. The van der Waals surface area contributed by atoms with Crippen LogP contribution in [-0.2, 0) is 14.3 Å². The summed E-state index contributed by atoms with van der Waals surface area (Å²) in [6, 6.07) is 0. The van der Waals surface area contributed by atoms with Crippen molar-refractivity contribution in [1.29, 1.82) is 0 Å². The first-order valence-corrected chi connectivity index (χ1v) is 20.5. The standard InChI is InChI=1S/C45H78O4/c1-3-5-7-9-11-13-15-17-19-21-22-23-24-25-26-28-30-32-34-36-38-40-45(47)49-44(42-46)43-48-41-39-37-35-33-31-29-27-20-18-16-14-12-10-8-6-4-2/h6,8,12,14,18,20-22,29,31,35,37,44,46H,3-5,7,9-11,13,15-17,19,23-28,30,32-34,36,38-43H2,1-2H3/b8-6-,14-12-,20-18-,22-21-,31-29-,37-35-. The van der Waals surface area contributed by atoms with E-state index in [1.165, 1.54) is 109 Å². The summed E-state index contributed by atoms with van der Waals surface area (Å²) in [4.78, 5) is 12.2. The molecule has 0 bridgehead atoms. The molecule has 1 atom stereocenters. The average molecular weight is 683 g/mol. The summed E-state index contributed by atoms with van der Waals surface area (Å²) in [6.45, 7) is 5.02. The average Bonchev–Trinajstić information content (AvgIpc) is 3.11. The fourth-order valence-electron chi connectivity index (χ4n) is 5.50. The smallest absolute Gasteiger partial charge is 0.306 e. The quantitative estimate of drug-likeness (QED) is 0.0402. The monoisotopic (exact) mass is 683 g/mol. The molecule has 0 aromatic heterocycles. The van der Waals surface area contributed by atoms with Gasteiger partial charge in [0, 0.05) is 6.42 Å². The highest BCUT2D eigenvalue weighted by Crippen LogP contribution is 2.13. The molecule has 0 amide bonds. The van der Waals surface area contributed by atoms with Gasteiger partial charge < -0.3 is 14.6 Å². The van der Waals surface area contributed by atoms with Gasteiger partial charge in [0.1, 0.15) is 6.10 Å². The zero-order valence-corrected chi connectivity index (χ0v) is 32.2. The van der Waals surface area contributed by atoms with Gasteiger partial charge >= 0.3 is 5.97 Å². The van der Waals surface area contributed by atoms with Crippen LogP contribution in [0.2, 0.25) is 0 Å². The van der Waals surface area contributed by atoms with Crippen LogP contribution in [0.5, 0.6) is 0 Å². The normalized spacial score (nSPS) is 13.1. The lowest BCUT2D eigenvalue weighted by atomic mass is 10.1. The van der Waals surface area contributed by atoms with Gasteiger partial charge in [-0.05, 0) is 70.6 Å². The van der Waals surface area contributed by atoms with Gasteiger partial charge in [-0.2, -0.15) is 0 Å². The van der Waals surface area contributed by atoms with Gasteiger partial charge in [-0.3, -0.25) is 4.79 Å². The fourth-order valence-corrected chi connectivity index (χ4v) is 5.50. The number of aliphatic hydroxyl groups excluding tert-OH is 1. The van der Waals surface area contributed by atoms with Gasteiger partial charge in [0.2, 0.25) is 0 Å². The van der Waals surface area contributed by atoms with Crippen molar-refractivity contribution < 1.29 is 19.4 Å². The van der Waals surface area contributed by atoms with Crippen molar-refractivity contribution in [3.63, 3.8) is 0 Å². The van der Waals surface area contributed by atoms with Gasteiger partial charge in [0.25, 0.3) is 0 Å². The number of unbranched alkanes of at least 4 members (excludes halogenated alkanes) is 17. The summed E-state index contributed by atoms with van der Waals surface area (Å²) in [5.74, 6) is -0.229. The lowest BCUT2D eigenvalue weighted by Crippen LogP contribution is -2.27. The molecule has 4 heteroatoms. The SMILES string of the molecule is CC/C=C\C/C=C\C/C=C\C/C=C\C/C=C\CCOCC(CO)OC(=O)CCCCCCCCCCC/C=C\CCCCCCCCCC. The first-order valence-electron chi connectivity index (χ1n) is 20.5. The molecule has 0 saturated carbocycles. The minimum absolute atomic E-state index is 0.205. The largest absolute Gasteiger partial charge is 0.457 e. The van der Waals surface area contributed by atoms with E-state index in [0.717, 1.165) is 51.4 Å². The highest BCUT2D eigenvalue weighted by Gasteiger charge is 2.13. The Labute approximate surface area is 304 Å². The number of aliphatic hydroxyl groups is 1. The van der Waals surface area contributed by atoms with Crippen LogP contribution in [0.25, 0.3) is 0 Å². The maximum absolute atomic E-state index is 12.2. The molecule has 0 heterocycles. The van der Waals surface area contributed by atoms with E-state index in [1.807, 2.05) is 0 Å². The molecule has 0 radical (unpaired) electrons. The van der Waals surface area contributed by atoms with Crippen LogP contribution in [0, 0.1) is 0 Å². The molecule has 4 nitrogen and oxygen atoms in total. The molecule has 0 rings (SSSR count). The maximum Gasteiger partial charge on any atom is 0.306 e. The lowest BCUT2D eigenvalue weighted by molar-refractivity contribution is -0.154. The van der Waals surface area contributed by atoms with Crippen molar-refractivity contribution in [1.82, 2.24) is 0 Å². The number of hydrogen-bond donors (Lipinski definition) is 1. The second-order valence-corrected chi connectivity index (χ2v) is 13.3. The van der Waals surface area contributed by atoms with E-state index >= 15 is 0 Å². The van der Waals surface area contributed by atoms with Gasteiger partial charge in [-0.25, -0.2) is 0 Å². The Balaban J connectivity index is 3.54. The number of esters is 1. The van der Waals surface area contributed by atoms with Gasteiger partial charge in [0.05, 0.1) is 19.8 Å². The number of hydrogen-bond acceptors (Lipinski definition) is 4. The van der Waals surface area contributed by atoms with E-state index in [-0.39, 0.29) is 19.2 Å². The molecule has 0 aromatic carbocycles. The van der Waals surface area contributed by atoms with Crippen molar-refractivity contribution in [3.05, 3.63) is 72.9 Å². The van der Waals surface area contributed by atoms with E-state index in [2.05, 4.69) is 86.8 Å². The molecule has 0 spiro atoms. The topological polar surface area (TPSA) is 55.8 Å². The van der Waals surface area contributed by atoms with Crippen molar-refractivity contribution in [2.75, 3.05) is 19.8 Å². The Hall–Kier alpha value is -2.17. The molecule has 49 heavy (non-hydrogen) atoms. The second-order valence-electron chi connectivity index (χ2n) is 13.3. The van der Waals surface area contributed by atoms with E-state index in [4.69, 9.17) is 9.47 Å². The molecule has 0 aliphatic rings. The summed E-state index contributed by atoms with van der Waals surface area (Å²) in [6.07, 6.45) is 56.9. The Morgan fingerprint density at radius 1 is 0.510 bits per heavy atom. The predicted octanol–water partition coefficient (Wildman–Crippen LogP) is 13.4. The molecular weight excluding hydrogens is 604 g/mol. The third-order valence-electron chi connectivity index (χ3n) is 8.53. The molecule has 0 saturated heterocycles. The Morgan fingerprint density at radius 2 is 0.918 bits per heavy atom. The maximum atomic E-state index is 12.2. The van der Waals surface area contributed by atoms with Crippen LogP contribution < -0.4 is 0 Å². The summed E-state index contributed by atoms with van der Waals surface area (Å²) >= 11 is 0. The third kappa shape index (κ3) is 40.1. The van der Waals surface area contributed by atoms with Crippen molar-refractivity contribution >= 4 is 5.97 Å². The highest BCUT2D eigenvalue weighted by atomic mass is 16.6. The van der Waals surface area contributed by atoms with Gasteiger partial charge in [-0.15, -0.1) is 0 Å². The number of carbonyl (C=O) groups excluding carboxylic acids is 1. The molecule has 282 valence electrons. The molecule has 0 aliphatic carbocycles. The van der Waals surface area contributed by atoms with E-state index < -0.39 is 6.10 Å². The molecule has 0 aromatic rings. The summed E-state index contributed by atoms with van der Waals surface area (Å²) in [5, 5.41) is 9.57. The second kappa shape index (κ2) is 42.0. The van der Waals surface area contributed by atoms with Crippen LogP contribution in [0.4, 0.5) is 0 Å². The minimum Gasteiger partial charge on any atom is -0.457 e. The van der Waals surface area contributed by atoms with Crippen LogP contribution in [-0.4, -0.2) is 37.0 Å². The number of carbonyl (C=O) groups is 1. The van der Waals surface area contributed by atoms with Gasteiger partial charge in [0.15, 0.2) is 0 Å². The van der Waals surface area contributed by atoms with Crippen LogP contribution >= 0.6 is 0 Å². The first-order chi connectivity index (χ1) is 24.2. The van der Waals surface area contributed by atoms with Crippen LogP contribution in [0.1, 0.15) is 181 Å². The first kappa shape index (κ1) is 46.8. The highest BCUT2D eigenvalue weighted by molar-refractivity contribution is 5.69. The lowest BCUT2D eigenvalue weighted by Gasteiger charge is -2.15. The molecule has 1 N–H and O–H groups in total. The zero-order valence-electron chi connectivity index (χ0n) is 32.2. The van der Waals surface area contributed by atoms with Crippen LogP contribution in [0.15, 0.2) is 72.9 Å². The molecule has 0 aliphatic heterocycles. The number of ether oxygens (including phenoxy) is 2. The number of rotatable bonds is 37. The summed E-state index contributed by atoms with van der Waals surface area (Å²) < 4.78 is 11.0. The Bertz CT molecular complexity index is 850. The van der Waals surface area contributed by atoms with E-state index in [0.29, 0.717) is 13.0 Å². The molecular formula is C45H78O4. The van der Waals surface area contributed by atoms with Crippen molar-refractivity contribution in [2.24, 2.45) is 0 Å². The number of allylic oxidation sites excluding steroid dienone is 11. The van der Waals surface area contributed by atoms with Crippen molar-refractivity contribution in [3.8, 4) is 0 Å². The summed E-state index contributed by atoms with van der Waals surface area (Å²) in [7, 11) is 0. The van der Waals surface area contributed by atoms with E-state index in [9.17, 15) is 9.90 Å². The Kier molecular flexibility index (Phi) is 40.1. The third-order valence-corrected chi connectivity index (χ3v) is 8.53. The summed E-state index contributed by atoms with van der Waals surface area (Å²) in [5.41, 5.74) is 0. The van der Waals surface area contributed by atoms with E-state index in [1.54, 1.807) is 0 Å². The zero-order chi connectivity index (χ0) is 35.6. The van der Waals surface area contributed by atoms with Crippen LogP contribution in [0.3, 0.4) is 0 Å². The molecule has 1 unspecified atom stereocenters. The molecule has 0 fully saturated rings. The Morgan fingerprint density at radius 3 is 1.39 bits per heavy atom. The fraction of sp³-hybridized carbons (Fsp3) is 0.711. The predicted molar refractivity (Wildman–Crippen MR) is 214 cm³/mol.